The number of anilines is 2. The van der Waals surface area contributed by atoms with Crippen LogP contribution in [0.1, 0.15) is 79.0 Å². The van der Waals surface area contributed by atoms with Gasteiger partial charge in [0.1, 0.15) is 11.5 Å². The van der Waals surface area contributed by atoms with E-state index in [1.165, 1.54) is 36.8 Å². The number of hydrogen-bond donors (Lipinski definition) is 2. The molecule has 2 aliphatic carbocycles. The summed E-state index contributed by atoms with van der Waals surface area (Å²) in [7, 11) is 3.37. The molecule has 4 aliphatic rings. The summed E-state index contributed by atoms with van der Waals surface area (Å²) in [5.74, 6) is 3.75. The number of ether oxygens (including phenoxy) is 2. The van der Waals surface area contributed by atoms with Gasteiger partial charge in [-0.05, 0) is 139 Å². The molecule has 8 heteroatoms. The number of nitrogens with zero attached hydrogens (tertiary/aromatic N) is 2. The van der Waals surface area contributed by atoms with Crippen LogP contribution in [0.25, 0.3) is 0 Å². The van der Waals surface area contributed by atoms with Gasteiger partial charge in [-0.1, -0.05) is 48.5 Å². The van der Waals surface area contributed by atoms with E-state index in [0.717, 1.165) is 66.4 Å². The fraction of sp³-hybridized carbons (Fsp3) is 0.422. The molecule has 2 saturated heterocycles. The van der Waals surface area contributed by atoms with Gasteiger partial charge in [-0.2, -0.15) is 0 Å². The molecule has 8 nitrogen and oxygen atoms in total. The summed E-state index contributed by atoms with van der Waals surface area (Å²) >= 11 is 0. The number of carbonyl (C=O) groups is 2. The summed E-state index contributed by atoms with van der Waals surface area (Å²) in [6.07, 6.45) is 7.51. The van der Waals surface area contributed by atoms with E-state index in [1.54, 1.807) is 14.2 Å². The zero-order valence-electron chi connectivity index (χ0n) is 31.0. The van der Waals surface area contributed by atoms with E-state index in [1.807, 2.05) is 36.4 Å². The standard InChI is InChI=1S/C45H52N4O4/c1-52-40-21-6-30(7-22-40)26-49-29-37(25-43(49)45(51)47-39-19-14-35(15-20-39)33-10-11-33)36-16-23-42(48(28-36)27-31-4-3-5-41(24-31)53-2)44(50)46-38-17-12-34(13-18-38)32-8-9-32/h3-7,12-15,17-22,24,32-33,36-37,42-43H,8-11,16,23,25-29H2,1-2H3,(H,46,50)(H,47,51)/t36?,37?,42-,43-/m1/s1. The van der Waals surface area contributed by atoms with Crippen molar-refractivity contribution in [3.05, 3.63) is 119 Å². The molecule has 4 aromatic rings. The van der Waals surface area contributed by atoms with Gasteiger partial charge in [0.2, 0.25) is 11.8 Å². The van der Waals surface area contributed by atoms with Crippen LogP contribution >= 0.6 is 0 Å². The van der Waals surface area contributed by atoms with Crippen LogP contribution in [0.15, 0.2) is 97.1 Å². The Morgan fingerprint density at radius 1 is 0.585 bits per heavy atom. The molecule has 276 valence electrons. The van der Waals surface area contributed by atoms with Crippen LogP contribution in [0.5, 0.6) is 11.5 Å². The lowest BCUT2D eigenvalue weighted by molar-refractivity contribution is -0.123. The summed E-state index contributed by atoms with van der Waals surface area (Å²) in [6.45, 7) is 2.94. The second-order valence-electron chi connectivity index (χ2n) is 15.7. The minimum atomic E-state index is -0.255. The lowest BCUT2D eigenvalue weighted by Crippen LogP contribution is -2.50. The highest BCUT2D eigenvalue weighted by Gasteiger charge is 2.43. The van der Waals surface area contributed by atoms with Gasteiger partial charge >= 0.3 is 0 Å². The van der Waals surface area contributed by atoms with Crippen molar-refractivity contribution in [3.63, 3.8) is 0 Å². The minimum absolute atomic E-state index is 0.0445. The maximum Gasteiger partial charge on any atom is 0.241 e. The van der Waals surface area contributed by atoms with E-state index in [2.05, 4.69) is 81.1 Å². The molecular formula is C45H52N4O4. The van der Waals surface area contributed by atoms with Crippen LogP contribution in [0.3, 0.4) is 0 Å². The maximum absolute atomic E-state index is 14.1. The first-order chi connectivity index (χ1) is 25.9. The molecule has 0 spiro atoms. The molecule has 0 aromatic heterocycles. The Hall–Kier alpha value is -4.66. The highest BCUT2D eigenvalue weighted by atomic mass is 16.5. The number of benzene rings is 4. The van der Waals surface area contributed by atoms with Crippen molar-refractivity contribution >= 4 is 23.2 Å². The molecule has 8 rings (SSSR count). The number of amides is 2. The monoisotopic (exact) mass is 712 g/mol. The second kappa shape index (κ2) is 15.7. The van der Waals surface area contributed by atoms with E-state index in [0.29, 0.717) is 36.8 Å². The van der Waals surface area contributed by atoms with Crippen LogP contribution in [0, 0.1) is 11.8 Å². The largest absolute Gasteiger partial charge is 0.497 e. The van der Waals surface area contributed by atoms with Crippen LogP contribution in [-0.4, -0.2) is 61.0 Å². The first-order valence-corrected chi connectivity index (χ1v) is 19.5. The number of rotatable bonds is 13. The van der Waals surface area contributed by atoms with Crippen LogP contribution in [-0.2, 0) is 22.7 Å². The molecule has 2 N–H and O–H groups in total. The highest BCUT2D eigenvalue weighted by Crippen LogP contribution is 2.42. The zero-order valence-corrected chi connectivity index (χ0v) is 31.0. The van der Waals surface area contributed by atoms with Crippen molar-refractivity contribution in [1.82, 2.24) is 9.80 Å². The molecule has 4 atom stereocenters. The van der Waals surface area contributed by atoms with Gasteiger partial charge in [0.05, 0.1) is 26.3 Å². The van der Waals surface area contributed by atoms with Crippen LogP contribution in [0.2, 0.25) is 0 Å². The summed E-state index contributed by atoms with van der Waals surface area (Å²) in [6, 6.07) is 32.7. The quantitative estimate of drug-likeness (QED) is 0.146. The average Bonchev–Trinajstić information content (AvgIpc) is 4.14. The molecule has 53 heavy (non-hydrogen) atoms. The van der Waals surface area contributed by atoms with Crippen LogP contribution < -0.4 is 20.1 Å². The third-order valence-electron chi connectivity index (χ3n) is 11.9. The molecule has 2 saturated carbocycles. The SMILES string of the molecule is COc1ccc(CN2CC(C3CC[C@H](C(=O)Nc4ccc(C5CC5)cc4)N(Cc4cccc(OC)c4)C3)C[C@@H]2C(=O)Nc2ccc(C3CC3)cc2)cc1. The predicted molar refractivity (Wildman–Crippen MR) is 209 cm³/mol. The average molecular weight is 713 g/mol. The normalized spacial score (nSPS) is 23.4. The van der Waals surface area contributed by atoms with Crippen molar-refractivity contribution in [3.8, 4) is 11.5 Å². The van der Waals surface area contributed by atoms with E-state index in [-0.39, 0.29) is 23.9 Å². The third kappa shape index (κ3) is 8.61. The molecule has 2 unspecified atom stereocenters. The predicted octanol–water partition coefficient (Wildman–Crippen LogP) is 8.21. The van der Waals surface area contributed by atoms with Gasteiger partial charge in [0.15, 0.2) is 0 Å². The Morgan fingerprint density at radius 2 is 1.13 bits per heavy atom. The molecule has 2 heterocycles. The Labute approximate surface area is 313 Å². The van der Waals surface area contributed by atoms with Gasteiger partial charge in [0, 0.05) is 37.6 Å². The number of nitrogens with one attached hydrogen (secondary N) is 2. The Morgan fingerprint density at radius 3 is 1.72 bits per heavy atom. The number of methoxy groups -OCH3 is 2. The first-order valence-electron chi connectivity index (χ1n) is 19.5. The smallest absolute Gasteiger partial charge is 0.241 e. The highest BCUT2D eigenvalue weighted by molar-refractivity contribution is 5.95. The fourth-order valence-corrected chi connectivity index (χ4v) is 8.59. The van der Waals surface area contributed by atoms with Crippen molar-refractivity contribution in [1.29, 1.82) is 0 Å². The molecule has 0 bridgehead atoms. The summed E-state index contributed by atoms with van der Waals surface area (Å²) in [4.78, 5) is 32.8. The van der Waals surface area contributed by atoms with Gasteiger partial charge in [0.25, 0.3) is 0 Å². The van der Waals surface area contributed by atoms with E-state index < -0.39 is 0 Å². The molecule has 4 aromatic carbocycles. The van der Waals surface area contributed by atoms with Gasteiger partial charge in [-0.3, -0.25) is 19.4 Å². The van der Waals surface area contributed by atoms with E-state index >= 15 is 0 Å². The Kier molecular flexibility index (Phi) is 10.5. The van der Waals surface area contributed by atoms with Crippen molar-refractivity contribution < 1.29 is 19.1 Å². The summed E-state index contributed by atoms with van der Waals surface area (Å²) in [5, 5.41) is 6.51. The van der Waals surface area contributed by atoms with E-state index in [4.69, 9.17) is 9.47 Å². The molecule has 2 amide bonds. The maximum atomic E-state index is 14.1. The summed E-state index contributed by atoms with van der Waals surface area (Å²) in [5.41, 5.74) is 6.70. The molecule has 2 aliphatic heterocycles. The molecular weight excluding hydrogens is 661 g/mol. The zero-order chi connectivity index (χ0) is 36.3. The lowest BCUT2D eigenvalue weighted by Gasteiger charge is -2.41. The fourth-order valence-electron chi connectivity index (χ4n) is 8.59. The number of carbonyl (C=O) groups excluding carboxylic acids is 2. The van der Waals surface area contributed by atoms with Crippen molar-refractivity contribution in [2.24, 2.45) is 11.8 Å². The topological polar surface area (TPSA) is 83.1 Å². The first kappa shape index (κ1) is 35.4. The van der Waals surface area contributed by atoms with Crippen LogP contribution in [0.4, 0.5) is 11.4 Å². The number of piperidine rings is 1. The number of likely N-dealkylation sites (tertiary alicyclic amines) is 2. The van der Waals surface area contributed by atoms with Crippen molar-refractivity contribution in [2.75, 3.05) is 37.9 Å². The van der Waals surface area contributed by atoms with Gasteiger partial charge in [-0.15, -0.1) is 0 Å². The van der Waals surface area contributed by atoms with Crippen molar-refractivity contribution in [2.45, 2.75) is 82.0 Å². The second-order valence-corrected chi connectivity index (χ2v) is 15.7. The Bertz CT molecular complexity index is 1870. The van der Waals surface area contributed by atoms with Gasteiger partial charge < -0.3 is 20.1 Å². The van der Waals surface area contributed by atoms with Gasteiger partial charge in [-0.25, -0.2) is 0 Å². The minimum Gasteiger partial charge on any atom is -0.497 e. The van der Waals surface area contributed by atoms with E-state index in [9.17, 15) is 9.59 Å². The molecule has 0 radical (unpaired) electrons. The number of hydrogen-bond acceptors (Lipinski definition) is 6. The molecule has 4 fully saturated rings. The third-order valence-corrected chi connectivity index (χ3v) is 11.9. The lowest BCUT2D eigenvalue weighted by atomic mass is 9.81. The summed E-state index contributed by atoms with van der Waals surface area (Å²) < 4.78 is 11.0. The Balaban J connectivity index is 0.996.